The molecular formula is C23H18Br2N2O. The molecule has 0 aliphatic heterocycles. The van der Waals surface area contributed by atoms with Crippen LogP contribution in [0.4, 0.5) is 0 Å². The van der Waals surface area contributed by atoms with Crippen LogP contribution in [0.2, 0.25) is 0 Å². The Morgan fingerprint density at radius 3 is 2.21 bits per heavy atom. The van der Waals surface area contributed by atoms with Gasteiger partial charge < -0.3 is 4.74 Å². The minimum absolute atomic E-state index is 0.660. The number of ether oxygens (including phenoxy) is 1. The molecule has 28 heavy (non-hydrogen) atoms. The minimum atomic E-state index is 0.660. The zero-order valence-corrected chi connectivity index (χ0v) is 18.4. The van der Waals surface area contributed by atoms with Gasteiger partial charge in [0.2, 0.25) is 0 Å². The van der Waals surface area contributed by atoms with Crippen LogP contribution in [0, 0.1) is 0 Å². The monoisotopic (exact) mass is 496 g/mol. The summed E-state index contributed by atoms with van der Waals surface area (Å²) >= 11 is 7.13. The molecule has 1 aromatic heterocycles. The second-order valence-electron chi connectivity index (χ2n) is 6.44. The maximum Gasteiger partial charge on any atom is 0.119 e. The van der Waals surface area contributed by atoms with Gasteiger partial charge in [-0.3, -0.25) is 4.68 Å². The smallest absolute Gasteiger partial charge is 0.119 e. The van der Waals surface area contributed by atoms with Gasteiger partial charge in [0.1, 0.15) is 5.75 Å². The summed E-state index contributed by atoms with van der Waals surface area (Å²) in [6, 6.07) is 26.7. The van der Waals surface area contributed by atoms with Crippen molar-refractivity contribution in [1.29, 1.82) is 0 Å². The standard InChI is InChI=1S/C23H18Br2N2O/c1-28-21-10-2-5-16(11-21)15-27-23(18-7-4-9-20(25)13-18)14-22(26-27)17-6-3-8-19(24)12-17/h2-14H,15H2,1H3. The van der Waals surface area contributed by atoms with E-state index in [1.165, 1.54) is 0 Å². The Labute approximate surface area is 181 Å². The third-order valence-electron chi connectivity index (χ3n) is 4.49. The average molecular weight is 498 g/mol. The van der Waals surface area contributed by atoms with E-state index < -0.39 is 0 Å². The van der Waals surface area contributed by atoms with Crippen molar-refractivity contribution in [3.63, 3.8) is 0 Å². The van der Waals surface area contributed by atoms with Crippen molar-refractivity contribution in [3.05, 3.63) is 93.4 Å². The molecular weight excluding hydrogens is 480 g/mol. The Balaban J connectivity index is 1.80. The van der Waals surface area contributed by atoms with Crippen molar-refractivity contribution in [2.75, 3.05) is 7.11 Å². The zero-order chi connectivity index (χ0) is 19.5. The van der Waals surface area contributed by atoms with Crippen LogP contribution in [0.15, 0.2) is 87.8 Å². The first-order valence-corrected chi connectivity index (χ1v) is 10.4. The highest BCUT2D eigenvalue weighted by Gasteiger charge is 2.13. The van der Waals surface area contributed by atoms with E-state index in [1.54, 1.807) is 7.11 Å². The summed E-state index contributed by atoms with van der Waals surface area (Å²) in [7, 11) is 1.69. The molecule has 0 spiro atoms. The topological polar surface area (TPSA) is 27.1 Å². The zero-order valence-electron chi connectivity index (χ0n) is 15.3. The van der Waals surface area contributed by atoms with Gasteiger partial charge in [-0.1, -0.05) is 68.3 Å². The number of methoxy groups -OCH3 is 1. The van der Waals surface area contributed by atoms with Gasteiger partial charge in [0.05, 0.1) is 25.0 Å². The van der Waals surface area contributed by atoms with Gasteiger partial charge >= 0.3 is 0 Å². The van der Waals surface area contributed by atoms with Crippen LogP contribution in [-0.2, 0) is 6.54 Å². The van der Waals surface area contributed by atoms with Crippen LogP contribution in [0.5, 0.6) is 5.75 Å². The molecule has 5 heteroatoms. The normalized spacial score (nSPS) is 10.8. The van der Waals surface area contributed by atoms with E-state index in [0.29, 0.717) is 6.54 Å². The molecule has 3 nitrogen and oxygen atoms in total. The fraction of sp³-hybridized carbons (Fsp3) is 0.0870. The van der Waals surface area contributed by atoms with Crippen LogP contribution in [-0.4, -0.2) is 16.9 Å². The molecule has 0 saturated heterocycles. The Bertz CT molecular complexity index is 1120. The van der Waals surface area contributed by atoms with Crippen molar-refractivity contribution in [3.8, 4) is 28.3 Å². The Kier molecular flexibility index (Phi) is 5.64. The van der Waals surface area contributed by atoms with E-state index in [9.17, 15) is 0 Å². The highest BCUT2D eigenvalue weighted by Crippen LogP contribution is 2.30. The largest absolute Gasteiger partial charge is 0.497 e. The number of hydrogen-bond donors (Lipinski definition) is 0. The molecule has 0 atom stereocenters. The molecule has 0 aliphatic rings. The summed E-state index contributed by atoms with van der Waals surface area (Å²) < 4.78 is 9.50. The summed E-state index contributed by atoms with van der Waals surface area (Å²) in [5.41, 5.74) is 5.35. The fourth-order valence-corrected chi connectivity index (χ4v) is 3.95. The first kappa shape index (κ1) is 19.0. The number of benzene rings is 3. The van der Waals surface area contributed by atoms with Gasteiger partial charge in [0.25, 0.3) is 0 Å². The third kappa shape index (κ3) is 4.21. The van der Waals surface area contributed by atoms with Crippen LogP contribution < -0.4 is 4.74 Å². The maximum absolute atomic E-state index is 5.37. The Morgan fingerprint density at radius 2 is 1.50 bits per heavy atom. The second-order valence-corrected chi connectivity index (χ2v) is 8.28. The van der Waals surface area contributed by atoms with E-state index in [1.807, 2.05) is 47.1 Å². The van der Waals surface area contributed by atoms with Crippen molar-refractivity contribution in [2.24, 2.45) is 0 Å². The van der Waals surface area contributed by atoms with E-state index in [0.717, 1.165) is 42.8 Å². The number of halogens is 2. The predicted molar refractivity (Wildman–Crippen MR) is 121 cm³/mol. The van der Waals surface area contributed by atoms with Crippen molar-refractivity contribution in [1.82, 2.24) is 9.78 Å². The lowest BCUT2D eigenvalue weighted by molar-refractivity contribution is 0.414. The third-order valence-corrected chi connectivity index (χ3v) is 5.47. The number of rotatable bonds is 5. The molecule has 0 saturated carbocycles. The van der Waals surface area contributed by atoms with E-state index >= 15 is 0 Å². The lowest BCUT2D eigenvalue weighted by atomic mass is 10.1. The summed E-state index contributed by atoms with van der Waals surface area (Å²) in [5.74, 6) is 0.848. The lowest BCUT2D eigenvalue weighted by Gasteiger charge is -2.09. The van der Waals surface area contributed by atoms with Crippen LogP contribution in [0.3, 0.4) is 0 Å². The number of nitrogens with zero attached hydrogens (tertiary/aromatic N) is 2. The molecule has 0 fully saturated rings. The quantitative estimate of drug-likeness (QED) is 0.303. The molecule has 3 aromatic carbocycles. The number of hydrogen-bond acceptors (Lipinski definition) is 2. The van der Waals surface area contributed by atoms with Gasteiger partial charge in [-0.15, -0.1) is 0 Å². The van der Waals surface area contributed by atoms with Crippen LogP contribution in [0.1, 0.15) is 5.56 Å². The molecule has 0 bridgehead atoms. The minimum Gasteiger partial charge on any atom is -0.497 e. The van der Waals surface area contributed by atoms with E-state index in [4.69, 9.17) is 9.84 Å². The first-order chi connectivity index (χ1) is 13.6. The molecule has 0 unspecified atom stereocenters. The van der Waals surface area contributed by atoms with E-state index in [2.05, 4.69) is 68.3 Å². The maximum atomic E-state index is 5.37. The summed E-state index contributed by atoms with van der Waals surface area (Å²) in [5, 5.41) is 4.92. The van der Waals surface area contributed by atoms with Crippen molar-refractivity contribution in [2.45, 2.75) is 6.54 Å². The van der Waals surface area contributed by atoms with Gasteiger partial charge in [-0.05, 0) is 48.0 Å². The molecule has 4 aromatic rings. The lowest BCUT2D eigenvalue weighted by Crippen LogP contribution is -2.04. The first-order valence-electron chi connectivity index (χ1n) is 8.85. The van der Waals surface area contributed by atoms with Crippen LogP contribution >= 0.6 is 31.9 Å². The van der Waals surface area contributed by atoms with E-state index in [-0.39, 0.29) is 0 Å². The summed E-state index contributed by atoms with van der Waals surface area (Å²) in [6.45, 7) is 0.660. The van der Waals surface area contributed by atoms with Gasteiger partial charge in [0, 0.05) is 20.1 Å². The molecule has 1 heterocycles. The SMILES string of the molecule is COc1cccc(Cn2nc(-c3cccc(Br)c3)cc2-c2cccc(Br)c2)c1. The second kappa shape index (κ2) is 8.33. The van der Waals surface area contributed by atoms with Crippen molar-refractivity contribution >= 4 is 31.9 Å². The molecule has 0 aliphatic carbocycles. The van der Waals surface area contributed by atoms with Gasteiger partial charge in [-0.2, -0.15) is 5.10 Å². The molecule has 0 radical (unpaired) electrons. The Morgan fingerprint density at radius 1 is 0.821 bits per heavy atom. The summed E-state index contributed by atoms with van der Waals surface area (Å²) in [4.78, 5) is 0. The summed E-state index contributed by atoms with van der Waals surface area (Å²) in [6.07, 6.45) is 0. The predicted octanol–water partition coefficient (Wildman–Crippen LogP) is 6.80. The highest BCUT2D eigenvalue weighted by molar-refractivity contribution is 9.10. The molecule has 4 rings (SSSR count). The molecule has 140 valence electrons. The fourth-order valence-electron chi connectivity index (χ4n) is 3.15. The number of aromatic nitrogens is 2. The van der Waals surface area contributed by atoms with Gasteiger partial charge in [0.15, 0.2) is 0 Å². The van der Waals surface area contributed by atoms with Gasteiger partial charge in [-0.25, -0.2) is 0 Å². The highest BCUT2D eigenvalue weighted by atomic mass is 79.9. The average Bonchev–Trinajstić information content (AvgIpc) is 3.12. The van der Waals surface area contributed by atoms with Crippen LogP contribution in [0.25, 0.3) is 22.5 Å². The van der Waals surface area contributed by atoms with Crippen molar-refractivity contribution < 1.29 is 4.74 Å². The molecule has 0 amide bonds. The Hall–Kier alpha value is -2.37. The molecule has 0 N–H and O–H groups in total.